The molecule has 1 unspecified atom stereocenters. The van der Waals surface area contributed by atoms with Gasteiger partial charge in [-0.3, -0.25) is 0 Å². The number of aliphatic hydroxyl groups is 1. The Morgan fingerprint density at radius 1 is 1.43 bits per heavy atom. The SMILES string of the molecule is C=CCc1ccc(OCC(O)CSc2nncn2C)c(OC)c1. The fraction of sp³-hybridized carbons (Fsp3) is 0.375. The first-order valence-corrected chi connectivity index (χ1v) is 8.18. The van der Waals surface area contributed by atoms with Gasteiger partial charge in [-0.1, -0.05) is 23.9 Å². The maximum atomic E-state index is 10.0. The molecule has 2 aromatic rings. The lowest BCUT2D eigenvalue weighted by atomic mass is 10.1. The van der Waals surface area contributed by atoms with Crippen LogP contribution in [-0.4, -0.2) is 45.4 Å². The lowest BCUT2D eigenvalue weighted by Crippen LogP contribution is -2.20. The summed E-state index contributed by atoms with van der Waals surface area (Å²) >= 11 is 1.43. The minimum absolute atomic E-state index is 0.183. The fourth-order valence-electron chi connectivity index (χ4n) is 1.93. The molecule has 0 radical (unpaired) electrons. The number of hydrogen-bond acceptors (Lipinski definition) is 6. The molecule has 23 heavy (non-hydrogen) atoms. The van der Waals surface area contributed by atoms with Gasteiger partial charge < -0.3 is 19.1 Å². The monoisotopic (exact) mass is 335 g/mol. The highest BCUT2D eigenvalue weighted by atomic mass is 32.2. The molecule has 0 amide bonds. The molecule has 2 rings (SSSR count). The number of aryl methyl sites for hydroxylation is 1. The molecule has 1 N–H and O–H groups in total. The average Bonchev–Trinajstić information content (AvgIpc) is 2.97. The molecule has 7 heteroatoms. The van der Waals surface area contributed by atoms with Crippen LogP contribution in [0.1, 0.15) is 5.56 Å². The first-order valence-electron chi connectivity index (χ1n) is 7.19. The van der Waals surface area contributed by atoms with Crippen molar-refractivity contribution in [3.63, 3.8) is 0 Å². The number of benzene rings is 1. The minimum Gasteiger partial charge on any atom is -0.493 e. The van der Waals surface area contributed by atoms with E-state index in [2.05, 4.69) is 16.8 Å². The lowest BCUT2D eigenvalue weighted by molar-refractivity contribution is 0.124. The van der Waals surface area contributed by atoms with E-state index in [0.29, 0.717) is 17.3 Å². The number of aromatic nitrogens is 3. The predicted molar refractivity (Wildman–Crippen MR) is 90.1 cm³/mol. The van der Waals surface area contributed by atoms with E-state index in [4.69, 9.17) is 9.47 Å². The molecule has 0 fully saturated rings. The Hall–Kier alpha value is -1.99. The number of allylic oxidation sites excluding steroid dienone is 1. The van der Waals surface area contributed by atoms with Crippen LogP contribution >= 0.6 is 11.8 Å². The van der Waals surface area contributed by atoms with Crippen molar-refractivity contribution < 1.29 is 14.6 Å². The van der Waals surface area contributed by atoms with Crippen molar-refractivity contribution in [2.45, 2.75) is 17.7 Å². The Morgan fingerprint density at radius 3 is 2.91 bits per heavy atom. The highest BCUT2D eigenvalue weighted by molar-refractivity contribution is 7.99. The molecular weight excluding hydrogens is 314 g/mol. The van der Waals surface area contributed by atoms with E-state index in [1.165, 1.54) is 11.8 Å². The van der Waals surface area contributed by atoms with Crippen LogP contribution in [-0.2, 0) is 13.5 Å². The Labute approximate surface area is 140 Å². The van der Waals surface area contributed by atoms with Crippen LogP contribution in [0.15, 0.2) is 42.3 Å². The molecule has 124 valence electrons. The summed E-state index contributed by atoms with van der Waals surface area (Å²) < 4.78 is 12.8. The molecule has 0 aliphatic rings. The zero-order valence-electron chi connectivity index (χ0n) is 13.3. The summed E-state index contributed by atoms with van der Waals surface area (Å²) in [6, 6.07) is 5.72. The number of ether oxygens (including phenoxy) is 2. The normalized spacial score (nSPS) is 12.0. The molecule has 1 aromatic heterocycles. The lowest BCUT2D eigenvalue weighted by Gasteiger charge is -2.14. The molecule has 0 bridgehead atoms. The highest BCUT2D eigenvalue weighted by Crippen LogP contribution is 2.28. The Bertz CT molecular complexity index is 645. The van der Waals surface area contributed by atoms with Gasteiger partial charge in [0.05, 0.1) is 13.2 Å². The van der Waals surface area contributed by atoms with Crippen molar-refractivity contribution in [1.82, 2.24) is 14.8 Å². The maximum Gasteiger partial charge on any atom is 0.190 e. The quantitative estimate of drug-likeness (QED) is 0.559. The van der Waals surface area contributed by atoms with E-state index < -0.39 is 6.10 Å². The van der Waals surface area contributed by atoms with Crippen molar-refractivity contribution in [3.8, 4) is 11.5 Å². The van der Waals surface area contributed by atoms with Gasteiger partial charge >= 0.3 is 0 Å². The predicted octanol–water partition coefficient (Wildman–Crippen LogP) is 2.08. The van der Waals surface area contributed by atoms with Crippen LogP contribution in [0.25, 0.3) is 0 Å². The van der Waals surface area contributed by atoms with Crippen LogP contribution in [0, 0.1) is 0 Å². The van der Waals surface area contributed by atoms with Crippen LogP contribution < -0.4 is 9.47 Å². The van der Waals surface area contributed by atoms with Crippen LogP contribution in [0.3, 0.4) is 0 Å². The van der Waals surface area contributed by atoms with Crippen LogP contribution in [0.4, 0.5) is 0 Å². The zero-order chi connectivity index (χ0) is 16.7. The minimum atomic E-state index is -0.616. The summed E-state index contributed by atoms with van der Waals surface area (Å²) in [4.78, 5) is 0. The number of methoxy groups -OCH3 is 1. The summed E-state index contributed by atoms with van der Waals surface area (Å²) in [5.41, 5.74) is 1.10. The second kappa shape index (κ2) is 8.59. The largest absolute Gasteiger partial charge is 0.493 e. The molecule has 0 aliphatic heterocycles. The number of aliphatic hydroxyl groups excluding tert-OH is 1. The van der Waals surface area contributed by atoms with Crippen molar-refractivity contribution in [1.29, 1.82) is 0 Å². The standard InChI is InChI=1S/C16H21N3O3S/c1-4-5-12-6-7-14(15(8-12)21-3)22-9-13(20)10-23-16-18-17-11-19(16)2/h4,6-8,11,13,20H,1,5,9-10H2,2-3H3. The Balaban J connectivity index is 1.87. The zero-order valence-corrected chi connectivity index (χ0v) is 14.1. The van der Waals surface area contributed by atoms with E-state index in [1.54, 1.807) is 18.0 Å². The molecule has 0 aliphatic carbocycles. The molecule has 0 saturated carbocycles. The summed E-state index contributed by atoms with van der Waals surface area (Å²) in [7, 11) is 3.46. The molecule has 6 nitrogen and oxygen atoms in total. The third-order valence-electron chi connectivity index (χ3n) is 3.11. The first-order chi connectivity index (χ1) is 11.1. The van der Waals surface area contributed by atoms with Gasteiger partial charge in [0.25, 0.3) is 0 Å². The molecule has 1 heterocycles. The van der Waals surface area contributed by atoms with Crippen molar-refractivity contribution >= 4 is 11.8 Å². The third kappa shape index (κ3) is 5.01. The maximum absolute atomic E-state index is 10.0. The van der Waals surface area contributed by atoms with Crippen LogP contribution in [0.2, 0.25) is 0 Å². The number of nitrogens with zero attached hydrogens (tertiary/aromatic N) is 3. The van der Waals surface area contributed by atoms with E-state index in [-0.39, 0.29) is 6.61 Å². The van der Waals surface area contributed by atoms with Gasteiger partial charge in [0.2, 0.25) is 0 Å². The number of thioether (sulfide) groups is 1. The summed E-state index contributed by atoms with van der Waals surface area (Å²) in [5, 5.41) is 18.6. The Kier molecular flexibility index (Phi) is 6.49. The number of hydrogen-bond donors (Lipinski definition) is 1. The summed E-state index contributed by atoms with van der Waals surface area (Å²) in [6.07, 6.45) is 3.62. The van der Waals surface area contributed by atoms with E-state index in [0.717, 1.165) is 17.1 Å². The smallest absolute Gasteiger partial charge is 0.190 e. The highest BCUT2D eigenvalue weighted by Gasteiger charge is 2.11. The Morgan fingerprint density at radius 2 is 2.26 bits per heavy atom. The van der Waals surface area contributed by atoms with Gasteiger partial charge in [0.15, 0.2) is 16.7 Å². The van der Waals surface area contributed by atoms with Gasteiger partial charge in [0, 0.05) is 12.8 Å². The van der Waals surface area contributed by atoms with Crippen molar-refractivity contribution in [2.75, 3.05) is 19.5 Å². The van der Waals surface area contributed by atoms with Crippen molar-refractivity contribution in [3.05, 3.63) is 42.7 Å². The second-order valence-electron chi connectivity index (χ2n) is 4.98. The number of rotatable bonds is 9. The fourth-order valence-corrected chi connectivity index (χ4v) is 2.73. The third-order valence-corrected chi connectivity index (χ3v) is 4.29. The second-order valence-corrected chi connectivity index (χ2v) is 5.97. The molecule has 1 aromatic carbocycles. The van der Waals surface area contributed by atoms with Gasteiger partial charge in [-0.25, -0.2) is 0 Å². The van der Waals surface area contributed by atoms with E-state index in [9.17, 15) is 5.11 Å². The van der Waals surface area contributed by atoms with Gasteiger partial charge in [0.1, 0.15) is 12.9 Å². The van der Waals surface area contributed by atoms with Gasteiger partial charge in [-0.2, -0.15) is 0 Å². The topological polar surface area (TPSA) is 69.4 Å². The first kappa shape index (κ1) is 17.4. The van der Waals surface area contributed by atoms with E-state index >= 15 is 0 Å². The van der Waals surface area contributed by atoms with Crippen LogP contribution in [0.5, 0.6) is 11.5 Å². The molecule has 0 spiro atoms. The molecular formula is C16H21N3O3S. The van der Waals surface area contributed by atoms with Crippen molar-refractivity contribution in [2.24, 2.45) is 7.05 Å². The van der Waals surface area contributed by atoms with Gasteiger partial charge in [-0.15, -0.1) is 16.8 Å². The average molecular weight is 335 g/mol. The summed E-state index contributed by atoms with van der Waals surface area (Å²) in [6.45, 7) is 3.90. The van der Waals surface area contributed by atoms with E-state index in [1.807, 2.05) is 31.3 Å². The molecule has 0 saturated heterocycles. The molecule has 1 atom stereocenters. The summed E-state index contributed by atoms with van der Waals surface area (Å²) in [5.74, 6) is 1.74. The van der Waals surface area contributed by atoms with Gasteiger partial charge in [-0.05, 0) is 24.1 Å².